The molecular formula is C17H17ClN4OS2. The lowest BCUT2D eigenvalue weighted by Crippen LogP contribution is -2.23. The molecular weight excluding hydrogens is 376 g/mol. The molecule has 25 heavy (non-hydrogen) atoms. The topological polar surface area (TPSA) is 59.8 Å². The number of para-hydroxylation sites is 1. The summed E-state index contributed by atoms with van der Waals surface area (Å²) in [6.45, 7) is 4.62. The molecule has 0 saturated heterocycles. The maximum atomic E-state index is 12.5. The molecule has 3 aromatic rings. The maximum absolute atomic E-state index is 12.5. The van der Waals surface area contributed by atoms with Crippen molar-refractivity contribution in [1.82, 2.24) is 14.8 Å². The Bertz CT molecular complexity index is 863. The van der Waals surface area contributed by atoms with E-state index < -0.39 is 0 Å². The number of rotatable bonds is 6. The maximum Gasteiger partial charge on any atom is 0.237 e. The molecule has 0 aliphatic carbocycles. The number of carbonyl (C=O) groups excluding carboxylic acids is 1. The Morgan fingerprint density at radius 1 is 1.32 bits per heavy atom. The van der Waals surface area contributed by atoms with E-state index in [-0.39, 0.29) is 11.2 Å². The summed E-state index contributed by atoms with van der Waals surface area (Å²) in [6, 6.07) is 11.2. The van der Waals surface area contributed by atoms with Gasteiger partial charge in [0.15, 0.2) is 11.0 Å². The number of nitrogens with one attached hydrogen (secondary N) is 1. The van der Waals surface area contributed by atoms with Crippen LogP contribution in [0.4, 0.5) is 5.69 Å². The highest BCUT2D eigenvalue weighted by atomic mass is 35.5. The SMILES string of the molecule is CCn1c(SC(C)C(=O)Nc2ccccc2Cl)nnc1-c1cccs1. The number of aromatic nitrogens is 3. The van der Waals surface area contributed by atoms with Crippen LogP contribution in [0.2, 0.25) is 5.02 Å². The van der Waals surface area contributed by atoms with Crippen molar-refractivity contribution in [2.45, 2.75) is 30.8 Å². The number of hydrogen-bond acceptors (Lipinski definition) is 5. The first-order chi connectivity index (χ1) is 12.1. The van der Waals surface area contributed by atoms with Gasteiger partial charge in [0.05, 0.1) is 20.8 Å². The average Bonchev–Trinajstić information content (AvgIpc) is 3.25. The quantitative estimate of drug-likeness (QED) is 0.612. The third-order valence-corrected chi connectivity index (χ3v) is 5.83. The minimum absolute atomic E-state index is 0.124. The molecule has 0 aliphatic rings. The Kier molecular flexibility index (Phi) is 5.78. The number of nitrogens with zero attached hydrogens (tertiary/aromatic N) is 3. The van der Waals surface area contributed by atoms with Gasteiger partial charge in [-0.3, -0.25) is 4.79 Å². The van der Waals surface area contributed by atoms with Crippen molar-refractivity contribution in [3.8, 4) is 10.7 Å². The summed E-state index contributed by atoms with van der Waals surface area (Å²) in [5.41, 5.74) is 0.609. The summed E-state index contributed by atoms with van der Waals surface area (Å²) in [5.74, 6) is 0.708. The normalized spacial score (nSPS) is 12.1. The van der Waals surface area contributed by atoms with E-state index in [2.05, 4.69) is 15.5 Å². The van der Waals surface area contributed by atoms with E-state index in [1.54, 1.807) is 23.5 Å². The molecule has 1 amide bonds. The second-order valence-corrected chi connectivity index (χ2v) is 7.92. The lowest BCUT2D eigenvalue weighted by Gasteiger charge is -2.13. The van der Waals surface area contributed by atoms with Crippen LogP contribution in [0.3, 0.4) is 0 Å². The second kappa shape index (κ2) is 8.03. The van der Waals surface area contributed by atoms with Crippen molar-refractivity contribution < 1.29 is 4.79 Å². The Hall–Kier alpha value is -1.83. The van der Waals surface area contributed by atoms with E-state index in [4.69, 9.17) is 11.6 Å². The Labute approximate surface area is 159 Å². The van der Waals surface area contributed by atoms with Crippen LogP contribution in [0.1, 0.15) is 13.8 Å². The molecule has 1 atom stereocenters. The number of halogens is 1. The van der Waals surface area contributed by atoms with Crippen LogP contribution in [0.5, 0.6) is 0 Å². The zero-order chi connectivity index (χ0) is 17.8. The fourth-order valence-electron chi connectivity index (χ4n) is 2.26. The minimum atomic E-state index is -0.332. The van der Waals surface area contributed by atoms with Gasteiger partial charge < -0.3 is 9.88 Å². The van der Waals surface area contributed by atoms with Crippen molar-refractivity contribution in [3.63, 3.8) is 0 Å². The number of hydrogen-bond donors (Lipinski definition) is 1. The Balaban J connectivity index is 1.74. The number of thioether (sulfide) groups is 1. The third kappa shape index (κ3) is 4.05. The number of benzene rings is 1. The largest absolute Gasteiger partial charge is 0.324 e. The monoisotopic (exact) mass is 392 g/mol. The molecule has 8 heteroatoms. The van der Waals surface area contributed by atoms with Gasteiger partial charge in [-0.1, -0.05) is 41.6 Å². The van der Waals surface area contributed by atoms with E-state index in [0.29, 0.717) is 10.7 Å². The lowest BCUT2D eigenvalue weighted by molar-refractivity contribution is -0.115. The highest BCUT2D eigenvalue weighted by molar-refractivity contribution is 8.00. The van der Waals surface area contributed by atoms with E-state index in [0.717, 1.165) is 22.4 Å². The van der Waals surface area contributed by atoms with Crippen molar-refractivity contribution in [1.29, 1.82) is 0 Å². The van der Waals surface area contributed by atoms with Gasteiger partial charge in [-0.2, -0.15) is 0 Å². The van der Waals surface area contributed by atoms with E-state index in [1.165, 1.54) is 11.8 Å². The Morgan fingerprint density at radius 3 is 2.80 bits per heavy atom. The predicted molar refractivity (Wildman–Crippen MR) is 104 cm³/mol. The summed E-state index contributed by atoms with van der Waals surface area (Å²) >= 11 is 9.10. The molecule has 1 unspecified atom stereocenters. The molecule has 1 aromatic carbocycles. The van der Waals surface area contributed by atoms with Crippen LogP contribution < -0.4 is 5.32 Å². The summed E-state index contributed by atoms with van der Waals surface area (Å²) < 4.78 is 2.02. The van der Waals surface area contributed by atoms with Gasteiger partial charge in [0.2, 0.25) is 5.91 Å². The molecule has 0 aliphatic heterocycles. The van der Waals surface area contributed by atoms with Gasteiger partial charge in [0.1, 0.15) is 0 Å². The van der Waals surface area contributed by atoms with E-state index >= 15 is 0 Å². The number of anilines is 1. The van der Waals surface area contributed by atoms with Crippen LogP contribution in [0, 0.1) is 0 Å². The van der Waals surface area contributed by atoms with Crippen LogP contribution >= 0.6 is 34.7 Å². The molecule has 0 saturated carbocycles. The summed E-state index contributed by atoms with van der Waals surface area (Å²) in [4.78, 5) is 13.5. The smallest absolute Gasteiger partial charge is 0.237 e. The van der Waals surface area contributed by atoms with Gasteiger partial charge >= 0.3 is 0 Å². The highest BCUT2D eigenvalue weighted by Crippen LogP contribution is 2.30. The first kappa shape index (κ1) is 18.0. The molecule has 1 N–H and O–H groups in total. The molecule has 3 rings (SSSR count). The number of amides is 1. The van der Waals surface area contributed by atoms with Crippen molar-refractivity contribution in [3.05, 3.63) is 46.8 Å². The van der Waals surface area contributed by atoms with Crippen molar-refractivity contribution in [2.75, 3.05) is 5.32 Å². The molecule has 0 fully saturated rings. The van der Waals surface area contributed by atoms with Crippen LogP contribution in [0.15, 0.2) is 46.9 Å². The lowest BCUT2D eigenvalue weighted by atomic mass is 10.3. The van der Waals surface area contributed by atoms with Crippen LogP contribution in [0.25, 0.3) is 10.7 Å². The molecule has 2 aromatic heterocycles. The number of carbonyl (C=O) groups is 1. The fourth-order valence-corrected chi connectivity index (χ4v) is 4.07. The predicted octanol–water partition coefficient (Wildman–Crippen LogP) is 4.80. The highest BCUT2D eigenvalue weighted by Gasteiger charge is 2.21. The summed E-state index contributed by atoms with van der Waals surface area (Å²) in [6.07, 6.45) is 0. The van der Waals surface area contributed by atoms with Gasteiger partial charge in [0, 0.05) is 6.54 Å². The number of thiophene rings is 1. The first-order valence-electron chi connectivity index (χ1n) is 7.79. The van der Waals surface area contributed by atoms with Gasteiger partial charge in [0.25, 0.3) is 0 Å². The van der Waals surface area contributed by atoms with Crippen LogP contribution in [-0.4, -0.2) is 25.9 Å². The van der Waals surface area contributed by atoms with Gasteiger partial charge in [-0.05, 0) is 37.4 Å². The van der Waals surface area contributed by atoms with Gasteiger partial charge in [-0.15, -0.1) is 21.5 Å². The fraction of sp³-hybridized carbons (Fsp3) is 0.235. The van der Waals surface area contributed by atoms with Crippen LogP contribution in [-0.2, 0) is 11.3 Å². The Morgan fingerprint density at radius 2 is 2.12 bits per heavy atom. The van der Waals surface area contributed by atoms with Gasteiger partial charge in [-0.25, -0.2) is 0 Å². The molecule has 130 valence electrons. The van der Waals surface area contributed by atoms with Crippen molar-refractivity contribution in [2.24, 2.45) is 0 Å². The third-order valence-electron chi connectivity index (χ3n) is 3.56. The van der Waals surface area contributed by atoms with E-state index in [9.17, 15) is 4.79 Å². The first-order valence-corrected chi connectivity index (χ1v) is 9.93. The molecule has 2 heterocycles. The zero-order valence-electron chi connectivity index (χ0n) is 13.8. The standard InChI is InChI=1S/C17H17ClN4OS2/c1-3-22-15(14-9-6-10-24-14)20-21-17(22)25-11(2)16(23)19-13-8-5-4-7-12(13)18/h4-11H,3H2,1-2H3,(H,19,23). The summed E-state index contributed by atoms with van der Waals surface area (Å²) in [5, 5.41) is 14.3. The molecule has 0 bridgehead atoms. The average molecular weight is 393 g/mol. The molecule has 0 radical (unpaired) electrons. The zero-order valence-corrected chi connectivity index (χ0v) is 16.2. The van der Waals surface area contributed by atoms with Crippen molar-refractivity contribution >= 4 is 46.3 Å². The summed E-state index contributed by atoms with van der Waals surface area (Å²) in [7, 11) is 0. The van der Waals surface area contributed by atoms with E-state index in [1.807, 2.05) is 48.1 Å². The molecule has 0 spiro atoms. The molecule has 5 nitrogen and oxygen atoms in total. The minimum Gasteiger partial charge on any atom is -0.324 e. The second-order valence-electron chi connectivity index (χ2n) is 5.26.